The van der Waals surface area contributed by atoms with Crippen LogP contribution in [0.3, 0.4) is 0 Å². The first-order valence-corrected chi connectivity index (χ1v) is 7.91. The number of amides is 1. The standard InChI is InChI=1S/C20H22FNO3/c1-13-5-8-18(24-3)16(11-13)14(2)22-20(23)10-7-15-6-9-19(25-4)17(21)12-15/h5-12,14H,1-4H3,(H,22,23)/b10-7+/t14-/m0/s1. The first kappa shape index (κ1) is 18.5. The fourth-order valence-corrected chi connectivity index (χ4v) is 2.49. The van der Waals surface area contributed by atoms with Crippen LogP contribution in [0.2, 0.25) is 0 Å². The van der Waals surface area contributed by atoms with Gasteiger partial charge in [0.15, 0.2) is 11.6 Å². The predicted molar refractivity (Wildman–Crippen MR) is 96.3 cm³/mol. The molecule has 0 aliphatic heterocycles. The largest absolute Gasteiger partial charge is 0.496 e. The molecule has 25 heavy (non-hydrogen) atoms. The minimum atomic E-state index is -0.470. The molecule has 0 aliphatic rings. The molecule has 132 valence electrons. The van der Waals surface area contributed by atoms with E-state index in [2.05, 4.69) is 5.32 Å². The van der Waals surface area contributed by atoms with E-state index in [9.17, 15) is 9.18 Å². The van der Waals surface area contributed by atoms with Crippen molar-refractivity contribution in [3.05, 3.63) is 65.0 Å². The number of hydrogen-bond donors (Lipinski definition) is 1. The molecule has 1 atom stereocenters. The van der Waals surface area contributed by atoms with Crippen molar-refractivity contribution in [3.8, 4) is 11.5 Å². The summed E-state index contributed by atoms with van der Waals surface area (Å²) in [6.45, 7) is 3.87. The lowest BCUT2D eigenvalue weighted by atomic mass is 10.0. The van der Waals surface area contributed by atoms with Crippen molar-refractivity contribution in [2.75, 3.05) is 14.2 Å². The Morgan fingerprint density at radius 2 is 1.80 bits per heavy atom. The average Bonchev–Trinajstić information content (AvgIpc) is 2.60. The number of carbonyl (C=O) groups excluding carboxylic acids is 1. The second-order valence-electron chi connectivity index (χ2n) is 5.70. The van der Waals surface area contributed by atoms with E-state index in [0.717, 1.165) is 16.9 Å². The number of carbonyl (C=O) groups is 1. The Labute approximate surface area is 147 Å². The Morgan fingerprint density at radius 3 is 2.44 bits per heavy atom. The van der Waals surface area contributed by atoms with E-state index in [1.807, 2.05) is 32.0 Å². The third-order valence-corrected chi connectivity index (χ3v) is 3.81. The van der Waals surface area contributed by atoms with Gasteiger partial charge in [-0.15, -0.1) is 0 Å². The van der Waals surface area contributed by atoms with Crippen molar-refractivity contribution in [1.82, 2.24) is 5.32 Å². The summed E-state index contributed by atoms with van der Waals surface area (Å²) in [6.07, 6.45) is 2.93. The summed E-state index contributed by atoms with van der Waals surface area (Å²) in [4.78, 5) is 12.1. The summed E-state index contributed by atoms with van der Waals surface area (Å²) in [6, 6.07) is 10.1. The summed E-state index contributed by atoms with van der Waals surface area (Å²) >= 11 is 0. The number of aryl methyl sites for hydroxylation is 1. The number of halogens is 1. The van der Waals surface area contributed by atoms with Crippen LogP contribution in [0, 0.1) is 12.7 Å². The fourth-order valence-electron chi connectivity index (χ4n) is 2.49. The van der Waals surface area contributed by atoms with Crippen molar-refractivity contribution in [2.45, 2.75) is 19.9 Å². The van der Waals surface area contributed by atoms with Crippen molar-refractivity contribution in [2.24, 2.45) is 0 Å². The van der Waals surface area contributed by atoms with Crippen molar-refractivity contribution >= 4 is 12.0 Å². The summed E-state index contributed by atoms with van der Waals surface area (Å²) in [5.41, 5.74) is 2.56. The monoisotopic (exact) mass is 343 g/mol. The van der Waals surface area contributed by atoms with E-state index in [-0.39, 0.29) is 17.7 Å². The van der Waals surface area contributed by atoms with Crippen molar-refractivity contribution in [1.29, 1.82) is 0 Å². The molecule has 0 unspecified atom stereocenters. The molecular weight excluding hydrogens is 321 g/mol. The van der Waals surface area contributed by atoms with Gasteiger partial charge in [-0.1, -0.05) is 23.8 Å². The lowest BCUT2D eigenvalue weighted by Gasteiger charge is -2.17. The molecule has 0 aromatic heterocycles. The van der Waals surface area contributed by atoms with Crippen LogP contribution < -0.4 is 14.8 Å². The average molecular weight is 343 g/mol. The number of methoxy groups -OCH3 is 2. The Hall–Kier alpha value is -2.82. The molecule has 1 amide bonds. The SMILES string of the molecule is COc1ccc(/C=C/C(=O)N[C@@H](C)c2cc(C)ccc2OC)cc1F. The van der Waals surface area contributed by atoms with Crippen molar-refractivity contribution < 1.29 is 18.7 Å². The van der Waals surface area contributed by atoms with Crippen LogP contribution in [0.5, 0.6) is 11.5 Å². The number of ether oxygens (including phenoxy) is 2. The van der Waals surface area contributed by atoms with Gasteiger partial charge in [0.1, 0.15) is 5.75 Å². The molecular formula is C20H22FNO3. The minimum absolute atomic E-state index is 0.168. The molecule has 0 radical (unpaired) electrons. The smallest absolute Gasteiger partial charge is 0.244 e. The van der Waals surface area contributed by atoms with Crippen LogP contribution in [-0.4, -0.2) is 20.1 Å². The number of rotatable bonds is 6. The quantitative estimate of drug-likeness (QED) is 0.805. The molecule has 0 fully saturated rings. The van der Waals surface area contributed by atoms with Crippen LogP contribution in [0.25, 0.3) is 6.08 Å². The van der Waals surface area contributed by atoms with E-state index in [0.29, 0.717) is 5.56 Å². The Kier molecular flexibility index (Phi) is 6.17. The lowest BCUT2D eigenvalue weighted by Crippen LogP contribution is -2.25. The van der Waals surface area contributed by atoms with Gasteiger partial charge in [-0.3, -0.25) is 4.79 Å². The maximum absolute atomic E-state index is 13.7. The first-order valence-electron chi connectivity index (χ1n) is 7.91. The molecule has 2 aromatic carbocycles. The normalized spacial score (nSPS) is 12.0. The maximum Gasteiger partial charge on any atom is 0.244 e. The molecule has 0 heterocycles. The van der Waals surface area contributed by atoms with E-state index in [1.165, 1.54) is 25.3 Å². The number of benzene rings is 2. The van der Waals surface area contributed by atoms with Gasteiger partial charge in [0.05, 0.1) is 20.3 Å². The second-order valence-corrected chi connectivity index (χ2v) is 5.70. The molecule has 5 heteroatoms. The fraction of sp³-hybridized carbons (Fsp3) is 0.250. The van der Waals surface area contributed by atoms with Crippen LogP contribution in [0.1, 0.15) is 29.7 Å². The van der Waals surface area contributed by atoms with Gasteiger partial charge < -0.3 is 14.8 Å². The van der Waals surface area contributed by atoms with E-state index in [4.69, 9.17) is 9.47 Å². The summed E-state index contributed by atoms with van der Waals surface area (Å²) in [5, 5.41) is 2.88. The highest BCUT2D eigenvalue weighted by molar-refractivity contribution is 5.92. The van der Waals surface area contributed by atoms with Crippen LogP contribution >= 0.6 is 0 Å². The molecule has 2 rings (SSSR count). The predicted octanol–water partition coefficient (Wildman–Crippen LogP) is 4.04. The molecule has 0 saturated heterocycles. The maximum atomic E-state index is 13.7. The number of nitrogens with one attached hydrogen (secondary N) is 1. The van der Waals surface area contributed by atoms with Crippen LogP contribution in [-0.2, 0) is 4.79 Å². The van der Waals surface area contributed by atoms with Gasteiger partial charge in [-0.05, 0) is 43.7 Å². The highest BCUT2D eigenvalue weighted by Crippen LogP contribution is 2.26. The highest BCUT2D eigenvalue weighted by Gasteiger charge is 2.13. The van der Waals surface area contributed by atoms with Crippen molar-refractivity contribution in [3.63, 3.8) is 0 Å². The molecule has 4 nitrogen and oxygen atoms in total. The highest BCUT2D eigenvalue weighted by atomic mass is 19.1. The van der Waals surface area contributed by atoms with E-state index < -0.39 is 5.82 Å². The topological polar surface area (TPSA) is 47.6 Å². The zero-order valence-electron chi connectivity index (χ0n) is 14.8. The summed E-state index contributed by atoms with van der Waals surface area (Å²) < 4.78 is 23.9. The minimum Gasteiger partial charge on any atom is -0.496 e. The van der Waals surface area contributed by atoms with Crippen LogP contribution in [0.4, 0.5) is 4.39 Å². The summed E-state index contributed by atoms with van der Waals surface area (Å²) in [5.74, 6) is 0.150. The Morgan fingerprint density at radius 1 is 1.12 bits per heavy atom. The molecule has 2 aromatic rings. The van der Waals surface area contributed by atoms with Gasteiger partial charge in [0.25, 0.3) is 0 Å². The Balaban J connectivity index is 2.07. The molecule has 0 aliphatic carbocycles. The zero-order valence-corrected chi connectivity index (χ0v) is 14.8. The van der Waals surface area contributed by atoms with Gasteiger partial charge in [0, 0.05) is 11.6 Å². The third-order valence-electron chi connectivity index (χ3n) is 3.81. The van der Waals surface area contributed by atoms with Gasteiger partial charge in [-0.2, -0.15) is 0 Å². The van der Waals surface area contributed by atoms with Gasteiger partial charge >= 0.3 is 0 Å². The Bertz CT molecular complexity index is 787. The van der Waals surface area contributed by atoms with E-state index >= 15 is 0 Å². The molecule has 0 bridgehead atoms. The van der Waals surface area contributed by atoms with E-state index in [1.54, 1.807) is 19.3 Å². The molecule has 0 saturated carbocycles. The summed E-state index contributed by atoms with van der Waals surface area (Å²) in [7, 11) is 3.00. The first-order chi connectivity index (χ1) is 11.9. The van der Waals surface area contributed by atoms with Crippen LogP contribution in [0.15, 0.2) is 42.5 Å². The zero-order chi connectivity index (χ0) is 18.4. The lowest BCUT2D eigenvalue weighted by molar-refractivity contribution is -0.117. The van der Waals surface area contributed by atoms with Gasteiger partial charge in [-0.25, -0.2) is 4.39 Å². The number of hydrogen-bond acceptors (Lipinski definition) is 3. The molecule has 1 N–H and O–H groups in total. The molecule has 0 spiro atoms. The van der Waals surface area contributed by atoms with Gasteiger partial charge in [0.2, 0.25) is 5.91 Å². The third kappa shape index (κ3) is 4.83. The second kappa shape index (κ2) is 8.33.